The van der Waals surface area contributed by atoms with Crippen molar-refractivity contribution in [2.24, 2.45) is 5.10 Å². The summed E-state index contributed by atoms with van der Waals surface area (Å²) >= 11 is 5.32. The second-order valence-electron chi connectivity index (χ2n) is 4.67. The van der Waals surface area contributed by atoms with Gasteiger partial charge in [0.1, 0.15) is 5.71 Å². The third kappa shape index (κ3) is 3.17. The zero-order valence-electron chi connectivity index (χ0n) is 11.7. The van der Waals surface area contributed by atoms with Gasteiger partial charge in [-0.05, 0) is 31.3 Å². The van der Waals surface area contributed by atoms with Gasteiger partial charge in [0.15, 0.2) is 16.6 Å². The first-order valence-corrected chi connectivity index (χ1v) is 7.13. The number of H-pyrrole nitrogens is 1. The van der Waals surface area contributed by atoms with Crippen LogP contribution in [0.3, 0.4) is 0 Å². The Morgan fingerprint density at radius 2 is 2.29 bits per heavy atom. The van der Waals surface area contributed by atoms with Gasteiger partial charge >= 0.3 is 0 Å². The van der Waals surface area contributed by atoms with Crippen LogP contribution in [0.4, 0.5) is 0 Å². The van der Waals surface area contributed by atoms with E-state index in [0.29, 0.717) is 29.8 Å². The van der Waals surface area contributed by atoms with Crippen LogP contribution in [0.5, 0.6) is 0 Å². The molecule has 8 heteroatoms. The van der Waals surface area contributed by atoms with Gasteiger partial charge in [-0.3, -0.25) is 5.43 Å². The molecular formula is C13H16N6OS. The third-order valence-electron chi connectivity index (χ3n) is 3.22. The van der Waals surface area contributed by atoms with Gasteiger partial charge in [-0.2, -0.15) is 5.10 Å². The number of rotatable bonds is 2. The number of thiocarbonyl (C=S) groups is 1. The number of aromatic nitrogens is 3. The van der Waals surface area contributed by atoms with E-state index in [0.717, 1.165) is 24.3 Å². The highest BCUT2D eigenvalue weighted by Gasteiger charge is 2.13. The van der Waals surface area contributed by atoms with Crippen LogP contribution in [-0.2, 0) is 4.74 Å². The zero-order valence-corrected chi connectivity index (χ0v) is 12.5. The second kappa shape index (κ2) is 6.15. The minimum absolute atomic E-state index is 0.604. The van der Waals surface area contributed by atoms with Gasteiger partial charge in [0, 0.05) is 19.3 Å². The van der Waals surface area contributed by atoms with Crippen molar-refractivity contribution in [2.45, 2.75) is 6.92 Å². The topological polar surface area (TPSA) is 78.4 Å². The number of hydrazone groups is 1. The number of imidazole rings is 1. The molecule has 0 amide bonds. The summed E-state index contributed by atoms with van der Waals surface area (Å²) in [5.41, 5.74) is 5.20. The molecule has 110 valence electrons. The maximum Gasteiger partial charge on any atom is 0.189 e. The number of aromatic amines is 1. The largest absolute Gasteiger partial charge is 0.378 e. The average molecular weight is 304 g/mol. The monoisotopic (exact) mass is 304 g/mol. The molecule has 0 unspecified atom stereocenters. The molecule has 7 nitrogen and oxygen atoms in total. The van der Waals surface area contributed by atoms with E-state index < -0.39 is 0 Å². The molecule has 1 aliphatic rings. The van der Waals surface area contributed by atoms with Crippen LogP contribution in [-0.4, -0.2) is 57.0 Å². The fourth-order valence-electron chi connectivity index (χ4n) is 2.04. The van der Waals surface area contributed by atoms with Crippen LogP contribution in [0.15, 0.2) is 23.4 Å². The third-order valence-corrected chi connectivity index (χ3v) is 3.57. The van der Waals surface area contributed by atoms with Gasteiger partial charge < -0.3 is 14.6 Å². The Balaban J connectivity index is 1.68. The van der Waals surface area contributed by atoms with Crippen molar-refractivity contribution in [3.63, 3.8) is 0 Å². The van der Waals surface area contributed by atoms with Crippen LogP contribution in [0, 0.1) is 0 Å². The summed E-state index contributed by atoms with van der Waals surface area (Å²) < 4.78 is 5.29. The molecule has 0 atom stereocenters. The minimum atomic E-state index is 0.604. The van der Waals surface area contributed by atoms with Crippen molar-refractivity contribution >= 4 is 34.2 Å². The van der Waals surface area contributed by atoms with E-state index in [1.54, 1.807) is 6.20 Å². The van der Waals surface area contributed by atoms with Gasteiger partial charge in [0.05, 0.1) is 18.7 Å². The molecule has 0 saturated carbocycles. The Hall–Kier alpha value is -2.06. The fourth-order valence-corrected chi connectivity index (χ4v) is 2.27. The van der Waals surface area contributed by atoms with Gasteiger partial charge in [0.2, 0.25) is 0 Å². The van der Waals surface area contributed by atoms with E-state index in [1.165, 1.54) is 0 Å². The van der Waals surface area contributed by atoms with E-state index in [2.05, 4.69) is 25.5 Å². The maximum absolute atomic E-state index is 5.32. The summed E-state index contributed by atoms with van der Waals surface area (Å²) in [7, 11) is 0. The minimum Gasteiger partial charge on any atom is -0.378 e. The van der Waals surface area contributed by atoms with Crippen molar-refractivity contribution in [1.29, 1.82) is 0 Å². The highest BCUT2D eigenvalue weighted by molar-refractivity contribution is 7.80. The van der Waals surface area contributed by atoms with Crippen molar-refractivity contribution in [2.75, 3.05) is 26.3 Å². The zero-order chi connectivity index (χ0) is 14.7. The Bertz CT molecular complexity index is 643. The van der Waals surface area contributed by atoms with E-state index in [4.69, 9.17) is 17.0 Å². The molecule has 2 aromatic heterocycles. The molecule has 3 rings (SSSR count). The molecule has 1 aliphatic heterocycles. The molecule has 21 heavy (non-hydrogen) atoms. The van der Waals surface area contributed by atoms with Crippen LogP contribution in [0.2, 0.25) is 0 Å². The fraction of sp³-hybridized carbons (Fsp3) is 0.385. The quantitative estimate of drug-likeness (QED) is 0.487. The van der Waals surface area contributed by atoms with Crippen LogP contribution in [0.1, 0.15) is 12.7 Å². The second-order valence-corrected chi connectivity index (χ2v) is 5.06. The lowest BCUT2D eigenvalue weighted by molar-refractivity contribution is 0.0677. The van der Waals surface area contributed by atoms with Crippen molar-refractivity contribution in [1.82, 2.24) is 25.3 Å². The molecular weight excluding hydrogens is 288 g/mol. The number of ether oxygens (including phenoxy) is 1. The lowest BCUT2D eigenvalue weighted by Crippen LogP contribution is -2.44. The predicted octanol–water partition coefficient (Wildman–Crippen LogP) is 0.889. The summed E-state index contributed by atoms with van der Waals surface area (Å²) in [6, 6.07) is 3.79. The van der Waals surface area contributed by atoms with Crippen molar-refractivity contribution < 1.29 is 4.74 Å². The molecule has 1 fully saturated rings. The summed E-state index contributed by atoms with van der Waals surface area (Å²) in [6.07, 6.45) is 1.71. The van der Waals surface area contributed by atoms with Crippen LogP contribution < -0.4 is 5.43 Å². The Morgan fingerprint density at radius 1 is 1.48 bits per heavy atom. The number of hydrogen-bond acceptors (Lipinski definition) is 5. The maximum atomic E-state index is 5.32. The van der Waals surface area contributed by atoms with E-state index in [9.17, 15) is 0 Å². The van der Waals surface area contributed by atoms with E-state index >= 15 is 0 Å². The Labute approximate surface area is 127 Å². The molecule has 1 saturated heterocycles. The van der Waals surface area contributed by atoms with Crippen molar-refractivity contribution in [3.8, 4) is 0 Å². The SMILES string of the molecule is C/C(=N\NC(=S)N1CCOCC1)c1nc2ncccc2[nH]1. The lowest BCUT2D eigenvalue weighted by Gasteiger charge is -2.28. The molecule has 0 spiro atoms. The van der Waals surface area contributed by atoms with E-state index in [1.807, 2.05) is 24.0 Å². The van der Waals surface area contributed by atoms with Gasteiger partial charge in [0.25, 0.3) is 0 Å². The standard InChI is InChI=1S/C13H16N6OS/c1-9(11-15-10-3-2-4-14-12(10)16-11)17-18-13(21)19-5-7-20-8-6-19/h2-4H,5-8H2,1H3,(H,18,21)(H,14,15,16)/b17-9+. The first-order valence-electron chi connectivity index (χ1n) is 6.72. The Kier molecular flexibility index (Phi) is 4.07. The lowest BCUT2D eigenvalue weighted by atomic mass is 10.4. The highest BCUT2D eigenvalue weighted by atomic mass is 32.1. The predicted molar refractivity (Wildman–Crippen MR) is 84.2 cm³/mol. The molecule has 0 radical (unpaired) electrons. The van der Waals surface area contributed by atoms with Gasteiger partial charge in [-0.15, -0.1) is 0 Å². The first-order chi connectivity index (χ1) is 10.2. The number of fused-ring (bicyclic) bond motifs is 1. The smallest absolute Gasteiger partial charge is 0.189 e. The molecule has 3 heterocycles. The number of pyridine rings is 1. The Morgan fingerprint density at radius 3 is 3.05 bits per heavy atom. The molecule has 2 aromatic rings. The number of nitrogens with zero attached hydrogens (tertiary/aromatic N) is 4. The molecule has 0 aliphatic carbocycles. The average Bonchev–Trinajstić information content (AvgIpc) is 2.97. The highest BCUT2D eigenvalue weighted by Crippen LogP contribution is 2.08. The molecule has 0 bridgehead atoms. The molecule has 2 N–H and O–H groups in total. The first kappa shape index (κ1) is 13.9. The van der Waals surface area contributed by atoms with E-state index in [-0.39, 0.29) is 0 Å². The van der Waals surface area contributed by atoms with Crippen molar-refractivity contribution in [3.05, 3.63) is 24.2 Å². The summed E-state index contributed by atoms with van der Waals surface area (Å²) in [6.45, 7) is 4.83. The van der Waals surface area contributed by atoms with Gasteiger partial charge in [-0.25, -0.2) is 9.97 Å². The number of hydrogen-bond donors (Lipinski definition) is 2. The summed E-state index contributed by atoms with van der Waals surface area (Å²) in [5, 5.41) is 4.89. The van der Waals surface area contributed by atoms with Crippen LogP contribution in [0.25, 0.3) is 11.2 Å². The van der Waals surface area contributed by atoms with Gasteiger partial charge in [-0.1, -0.05) is 0 Å². The number of morpholine rings is 1. The molecule has 0 aromatic carbocycles. The summed E-state index contributed by atoms with van der Waals surface area (Å²) in [5.74, 6) is 0.681. The number of nitrogens with one attached hydrogen (secondary N) is 2. The summed E-state index contributed by atoms with van der Waals surface area (Å²) in [4.78, 5) is 13.8. The van der Waals surface area contributed by atoms with Crippen LogP contribution >= 0.6 is 12.2 Å². The normalized spacial score (nSPS) is 16.2.